The standard InChI is InChI=1S/C16H18N4O6S4/c21-9(3-1-5-13(23)24)19-11-7-17-15(27-11)29-30-16-18-8-12(28-16)20-10(22)4-2-6-14(25)26/h7-8H,1-6H2,(H,19,21)(H,20,22)(H,23,24)(H,25,26). The van der Waals surface area contributed by atoms with Gasteiger partial charge in [-0.2, -0.15) is 0 Å². The van der Waals surface area contributed by atoms with Crippen molar-refractivity contribution in [2.75, 3.05) is 10.6 Å². The molecule has 2 rings (SSSR count). The van der Waals surface area contributed by atoms with Gasteiger partial charge in [-0.1, -0.05) is 22.7 Å². The number of aromatic nitrogens is 2. The Balaban J connectivity index is 1.72. The zero-order chi connectivity index (χ0) is 21.9. The number of nitrogens with one attached hydrogen (secondary N) is 2. The van der Waals surface area contributed by atoms with Crippen LogP contribution in [0.1, 0.15) is 38.5 Å². The van der Waals surface area contributed by atoms with Crippen LogP contribution in [-0.4, -0.2) is 43.9 Å². The first-order valence-corrected chi connectivity index (χ1v) is 12.4. The summed E-state index contributed by atoms with van der Waals surface area (Å²) in [4.78, 5) is 52.9. The zero-order valence-electron chi connectivity index (χ0n) is 15.5. The number of hydrogen-bond acceptors (Lipinski definition) is 10. The van der Waals surface area contributed by atoms with E-state index in [1.54, 1.807) is 0 Å². The maximum Gasteiger partial charge on any atom is 0.303 e. The van der Waals surface area contributed by atoms with E-state index >= 15 is 0 Å². The lowest BCUT2D eigenvalue weighted by Crippen LogP contribution is -2.10. The number of hydrogen-bond donors (Lipinski definition) is 4. The monoisotopic (exact) mass is 490 g/mol. The van der Waals surface area contributed by atoms with Crippen molar-refractivity contribution in [1.29, 1.82) is 0 Å². The number of carbonyl (C=O) groups is 4. The molecule has 0 aromatic carbocycles. The lowest BCUT2D eigenvalue weighted by molar-refractivity contribution is -0.138. The number of thiazole rings is 2. The number of nitrogens with zero attached hydrogens (tertiary/aromatic N) is 2. The third kappa shape index (κ3) is 9.56. The molecule has 30 heavy (non-hydrogen) atoms. The topological polar surface area (TPSA) is 159 Å². The molecule has 0 radical (unpaired) electrons. The first kappa shape index (κ1) is 24.1. The van der Waals surface area contributed by atoms with Gasteiger partial charge in [0.2, 0.25) is 11.8 Å². The van der Waals surface area contributed by atoms with E-state index < -0.39 is 11.9 Å². The summed E-state index contributed by atoms with van der Waals surface area (Å²) in [5.41, 5.74) is 0. The molecule has 2 aromatic rings. The highest BCUT2D eigenvalue weighted by molar-refractivity contribution is 8.77. The van der Waals surface area contributed by atoms with Crippen LogP contribution >= 0.6 is 44.3 Å². The third-order valence-electron chi connectivity index (χ3n) is 3.27. The molecule has 4 N–H and O–H groups in total. The van der Waals surface area contributed by atoms with Gasteiger partial charge in [-0.15, -0.1) is 0 Å². The normalized spacial score (nSPS) is 10.5. The van der Waals surface area contributed by atoms with Crippen molar-refractivity contribution in [3.63, 3.8) is 0 Å². The Morgan fingerprint density at radius 1 is 0.767 bits per heavy atom. The largest absolute Gasteiger partial charge is 0.481 e. The van der Waals surface area contributed by atoms with Gasteiger partial charge in [0.25, 0.3) is 0 Å². The number of aliphatic carboxylic acids is 2. The number of carboxylic acids is 2. The summed E-state index contributed by atoms with van der Waals surface area (Å²) in [5.74, 6) is -2.38. The Kier molecular flexibility index (Phi) is 10.1. The van der Waals surface area contributed by atoms with E-state index in [1.807, 2.05) is 0 Å². The van der Waals surface area contributed by atoms with Crippen LogP contribution in [0.3, 0.4) is 0 Å². The Hall–Kier alpha value is -2.16. The van der Waals surface area contributed by atoms with Crippen molar-refractivity contribution in [2.24, 2.45) is 0 Å². The molecule has 2 aromatic heterocycles. The quantitative estimate of drug-likeness (QED) is 0.304. The van der Waals surface area contributed by atoms with Crippen LogP contribution in [0, 0.1) is 0 Å². The Morgan fingerprint density at radius 2 is 1.17 bits per heavy atom. The fourth-order valence-electron chi connectivity index (χ4n) is 1.98. The van der Waals surface area contributed by atoms with Crippen molar-refractivity contribution in [1.82, 2.24) is 9.97 Å². The minimum atomic E-state index is -0.931. The van der Waals surface area contributed by atoms with Crippen LogP contribution < -0.4 is 10.6 Å². The first-order chi connectivity index (χ1) is 14.3. The van der Waals surface area contributed by atoms with E-state index in [0.29, 0.717) is 18.7 Å². The van der Waals surface area contributed by atoms with Gasteiger partial charge >= 0.3 is 11.9 Å². The second-order valence-corrected chi connectivity index (χ2v) is 10.4. The smallest absolute Gasteiger partial charge is 0.303 e. The number of rotatable bonds is 13. The maximum absolute atomic E-state index is 11.8. The molecular formula is C16H18N4O6S4. The predicted octanol–water partition coefficient (Wildman–Crippen LogP) is 3.79. The summed E-state index contributed by atoms with van der Waals surface area (Å²) in [6.45, 7) is 0. The van der Waals surface area contributed by atoms with Crippen LogP contribution in [0.5, 0.6) is 0 Å². The Morgan fingerprint density at radius 3 is 1.53 bits per heavy atom. The highest BCUT2D eigenvalue weighted by atomic mass is 33.1. The van der Waals surface area contributed by atoms with E-state index in [4.69, 9.17) is 10.2 Å². The van der Waals surface area contributed by atoms with Crippen molar-refractivity contribution < 1.29 is 29.4 Å². The molecule has 0 saturated carbocycles. The molecule has 0 spiro atoms. The molecular weight excluding hydrogens is 472 g/mol. The average Bonchev–Trinajstić information content (AvgIpc) is 3.28. The molecule has 0 aliphatic carbocycles. The fraction of sp³-hybridized carbons (Fsp3) is 0.375. The van der Waals surface area contributed by atoms with Crippen molar-refractivity contribution in [3.8, 4) is 0 Å². The van der Waals surface area contributed by atoms with Crippen LogP contribution in [0.25, 0.3) is 0 Å². The Bertz CT molecular complexity index is 828. The fourth-order valence-corrected chi connectivity index (χ4v) is 6.16. The van der Waals surface area contributed by atoms with Gasteiger partial charge in [0.05, 0.1) is 12.4 Å². The molecule has 0 aliphatic rings. The third-order valence-corrected chi connectivity index (χ3v) is 8.09. The summed E-state index contributed by atoms with van der Waals surface area (Å²) in [6, 6.07) is 0. The molecule has 162 valence electrons. The highest BCUT2D eigenvalue weighted by Gasteiger charge is 2.11. The summed E-state index contributed by atoms with van der Waals surface area (Å²) in [6.07, 6.45) is 3.79. The molecule has 0 atom stereocenters. The summed E-state index contributed by atoms with van der Waals surface area (Å²) >= 11 is 2.58. The Labute approximate surface area is 187 Å². The van der Waals surface area contributed by atoms with Gasteiger partial charge in [0.15, 0.2) is 8.68 Å². The molecule has 10 nitrogen and oxygen atoms in total. The van der Waals surface area contributed by atoms with Gasteiger partial charge in [0, 0.05) is 25.7 Å². The molecule has 2 amide bonds. The summed E-state index contributed by atoms with van der Waals surface area (Å²) in [7, 11) is 2.72. The molecule has 0 fully saturated rings. The molecule has 0 unspecified atom stereocenters. The van der Waals surface area contributed by atoms with E-state index in [0.717, 1.165) is 0 Å². The van der Waals surface area contributed by atoms with Crippen molar-refractivity contribution >= 4 is 78.0 Å². The minimum absolute atomic E-state index is 0.0492. The number of carboxylic acid groups (broad SMARTS) is 2. The van der Waals surface area contributed by atoms with Gasteiger partial charge in [-0.05, 0) is 34.4 Å². The van der Waals surface area contributed by atoms with Gasteiger partial charge in [-0.3, -0.25) is 19.2 Å². The van der Waals surface area contributed by atoms with Crippen LogP contribution in [0.4, 0.5) is 10.0 Å². The zero-order valence-corrected chi connectivity index (χ0v) is 18.7. The second kappa shape index (κ2) is 12.5. The van der Waals surface area contributed by atoms with Gasteiger partial charge < -0.3 is 20.8 Å². The number of carbonyl (C=O) groups excluding carboxylic acids is 2. The summed E-state index contributed by atoms with van der Waals surface area (Å²) in [5, 5.41) is 23.7. The number of anilines is 2. The van der Waals surface area contributed by atoms with Gasteiger partial charge in [0.1, 0.15) is 10.0 Å². The van der Waals surface area contributed by atoms with Crippen molar-refractivity contribution in [3.05, 3.63) is 12.4 Å². The van der Waals surface area contributed by atoms with E-state index in [9.17, 15) is 19.2 Å². The van der Waals surface area contributed by atoms with E-state index in [2.05, 4.69) is 20.6 Å². The lowest BCUT2D eigenvalue weighted by atomic mass is 10.2. The molecule has 14 heteroatoms. The highest BCUT2D eigenvalue weighted by Crippen LogP contribution is 2.42. The molecule has 0 aliphatic heterocycles. The molecule has 0 saturated heterocycles. The van der Waals surface area contributed by atoms with Crippen LogP contribution in [0.15, 0.2) is 21.1 Å². The van der Waals surface area contributed by atoms with Gasteiger partial charge in [-0.25, -0.2) is 9.97 Å². The predicted molar refractivity (Wildman–Crippen MR) is 116 cm³/mol. The second-order valence-electron chi connectivity index (χ2n) is 5.74. The maximum atomic E-state index is 11.8. The van der Waals surface area contributed by atoms with E-state index in [-0.39, 0.29) is 50.3 Å². The average molecular weight is 491 g/mol. The summed E-state index contributed by atoms with van der Waals surface area (Å²) < 4.78 is 1.41. The number of amides is 2. The van der Waals surface area contributed by atoms with Crippen molar-refractivity contribution in [2.45, 2.75) is 47.2 Å². The lowest BCUT2D eigenvalue weighted by Gasteiger charge is -2.00. The SMILES string of the molecule is O=C(O)CCCC(=O)Nc1cnc(SSc2ncc(NC(=O)CCCC(=O)O)s2)s1. The minimum Gasteiger partial charge on any atom is -0.481 e. The van der Waals surface area contributed by atoms with Crippen LogP contribution in [-0.2, 0) is 19.2 Å². The first-order valence-electron chi connectivity index (χ1n) is 8.61. The van der Waals surface area contributed by atoms with E-state index in [1.165, 1.54) is 56.7 Å². The molecule has 0 bridgehead atoms. The molecule has 2 heterocycles. The van der Waals surface area contributed by atoms with Crippen LogP contribution in [0.2, 0.25) is 0 Å².